The Morgan fingerprint density at radius 1 is 1.10 bits per heavy atom. The molecule has 0 aliphatic heterocycles. The monoisotopic (exact) mass is 457 g/mol. The van der Waals surface area contributed by atoms with E-state index in [9.17, 15) is 4.79 Å². The minimum absolute atomic E-state index is 0.00883. The minimum atomic E-state index is -0.0960. The molecule has 2 aromatic rings. The Morgan fingerprint density at radius 2 is 1.83 bits per heavy atom. The third kappa shape index (κ3) is 5.63. The second kappa shape index (κ2) is 9.34. The highest BCUT2D eigenvalue weighted by Gasteiger charge is 2.18. The van der Waals surface area contributed by atoms with Gasteiger partial charge in [0.05, 0.1) is 10.5 Å². The van der Waals surface area contributed by atoms with Crippen molar-refractivity contribution in [3.63, 3.8) is 0 Å². The first-order valence-corrected chi connectivity index (χ1v) is 11.4. The average molecular weight is 458 g/mol. The minimum Gasteiger partial charge on any atom is -0.483 e. The summed E-state index contributed by atoms with van der Waals surface area (Å²) >= 11 is 3.57. The van der Waals surface area contributed by atoms with E-state index in [1.54, 1.807) is 0 Å². The number of amides is 1. The predicted molar refractivity (Wildman–Crippen MR) is 123 cm³/mol. The molecule has 0 saturated carbocycles. The molecule has 0 fully saturated rings. The van der Waals surface area contributed by atoms with Crippen molar-refractivity contribution in [1.29, 1.82) is 0 Å². The summed E-state index contributed by atoms with van der Waals surface area (Å²) in [7, 11) is 0. The predicted octanol–water partition coefficient (Wildman–Crippen LogP) is 6.27. The molecule has 1 aliphatic carbocycles. The molecule has 0 spiro atoms. The number of carbonyl (C=O) groups is 1. The van der Waals surface area contributed by atoms with E-state index in [1.165, 1.54) is 41.5 Å². The maximum absolute atomic E-state index is 12.5. The molecule has 1 aliphatic rings. The van der Waals surface area contributed by atoms with E-state index in [1.807, 2.05) is 6.07 Å². The molecule has 29 heavy (non-hydrogen) atoms. The van der Waals surface area contributed by atoms with Crippen molar-refractivity contribution in [2.45, 2.75) is 71.3 Å². The van der Waals surface area contributed by atoms with Gasteiger partial charge in [-0.25, -0.2) is 0 Å². The van der Waals surface area contributed by atoms with Crippen LogP contribution in [0, 0.1) is 0 Å². The van der Waals surface area contributed by atoms with Gasteiger partial charge in [0.25, 0.3) is 5.91 Å². The molecular weight excluding hydrogens is 426 g/mol. The lowest BCUT2D eigenvalue weighted by Crippen LogP contribution is -2.32. The van der Waals surface area contributed by atoms with Crippen LogP contribution in [0.4, 0.5) is 0 Å². The highest BCUT2D eigenvalue weighted by atomic mass is 79.9. The summed E-state index contributed by atoms with van der Waals surface area (Å²) in [5, 5.41) is 3.14. The van der Waals surface area contributed by atoms with Gasteiger partial charge in [0.2, 0.25) is 0 Å². The quantitative estimate of drug-likeness (QED) is 0.554. The lowest BCUT2D eigenvalue weighted by Gasteiger charge is -2.22. The number of hydrogen-bond acceptors (Lipinski definition) is 2. The van der Waals surface area contributed by atoms with Crippen LogP contribution >= 0.6 is 15.9 Å². The zero-order chi connectivity index (χ0) is 21.0. The topological polar surface area (TPSA) is 38.3 Å². The van der Waals surface area contributed by atoms with E-state index >= 15 is 0 Å². The van der Waals surface area contributed by atoms with Gasteiger partial charge in [-0.15, -0.1) is 0 Å². The number of ether oxygens (including phenoxy) is 1. The van der Waals surface area contributed by atoms with Crippen LogP contribution < -0.4 is 10.1 Å². The van der Waals surface area contributed by atoms with Gasteiger partial charge in [-0.3, -0.25) is 4.79 Å². The standard InChI is InChI=1S/C25H32BrNO2/c1-5-22(19-11-10-17-8-6-7-9-18(17)14-19)27-24(28)16-29-23-13-12-20(15-21(23)26)25(2,3)4/h10-15,22H,5-9,16H2,1-4H3,(H,27,28)/t22-/m1/s1. The molecule has 3 rings (SSSR count). The molecule has 1 atom stereocenters. The van der Waals surface area contributed by atoms with Crippen LogP contribution in [0.3, 0.4) is 0 Å². The van der Waals surface area contributed by atoms with Crippen molar-refractivity contribution < 1.29 is 9.53 Å². The first-order chi connectivity index (χ1) is 13.8. The Hall–Kier alpha value is -1.81. The van der Waals surface area contributed by atoms with Gasteiger partial charge in [0, 0.05) is 0 Å². The Kier molecular flexibility index (Phi) is 7.05. The first-order valence-electron chi connectivity index (χ1n) is 10.6. The fraction of sp³-hybridized carbons (Fsp3) is 0.480. The normalized spacial score (nSPS) is 14.8. The zero-order valence-corrected chi connectivity index (χ0v) is 19.6. The summed E-state index contributed by atoms with van der Waals surface area (Å²) in [6.07, 6.45) is 5.72. The van der Waals surface area contributed by atoms with Crippen molar-refractivity contribution in [1.82, 2.24) is 5.32 Å². The molecule has 0 radical (unpaired) electrons. The molecule has 0 heterocycles. The van der Waals surface area contributed by atoms with E-state index in [4.69, 9.17) is 4.74 Å². The van der Waals surface area contributed by atoms with Gasteiger partial charge in [-0.1, -0.05) is 52.0 Å². The molecule has 1 amide bonds. The van der Waals surface area contributed by atoms with Gasteiger partial charge in [0.1, 0.15) is 5.75 Å². The Morgan fingerprint density at radius 3 is 2.48 bits per heavy atom. The Labute approximate surface area is 183 Å². The van der Waals surface area contributed by atoms with Gasteiger partial charge in [-0.05, 0) is 87.8 Å². The van der Waals surface area contributed by atoms with Crippen LogP contribution in [0.2, 0.25) is 0 Å². The largest absolute Gasteiger partial charge is 0.483 e. The fourth-order valence-corrected chi connectivity index (χ4v) is 4.35. The summed E-state index contributed by atoms with van der Waals surface area (Å²) in [6, 6.07) is 12.8. The molecule has 0 saturated heterocycles. The van der Waals surface area contributed by atoms with E-state index in [0.717, 1.165) is 17.3 Å². The molecule has 0 bridgehead atoms. The first kappa shape index (κ1) is 21.9. The third-order valence-corrected chi connectivity index (χ3v) is 6.29. The highest BCUT2D eigenvalue weighted by Crippen LogP contribution is 2.31. The second-order valence-electron chi connectivity index (χ2n) is 8.95. The van der Waals surface area contributed by atoms with E-state index < -0.39 is 0 Å². The van der Waals surface area contributed by atoms with E-state index in [0.29, 0.717) is 5.75 Å². The van der Waals surface area contributed by atoms with Gasteiger partial charge in [0.15, 0.2) is 6.61 Å². The molecule has 1 N–H and O–H groups in total. The maximum atomic E-state index is 12.5. The van der Waals surface area contributed by atoms with Crippen molar-refractivity contribution >= 4 is 21.8 Å². The molecule has 4 heteroatoms. The van der Waals surface area contributed by atoms with Crippen LogP contribution in [0.1, 0.15) is 75.3 Å². The lowest BCUT2D eigenvalue weighted by atomic mass is 9.87. The van der Waals surface area contributed by atoms with Crippen LogP contribution in [0.5, 0.6) is 5.75 Å². The van der Waals surface area contributed by atoms with E-state index in [-0.39, 0.29) is 24.0 Å². The molecule has 156 valence electrons. The number of fused-ring (bicyclic) bond motifs is 1. The molecule has 2 aromatic carbocycles. The van der Waals surface area contributed by atoms with Crippen LogP contribution in [-0.4, -0.2) is 12.5 Å². The number of carbonyl (C=O) groups excluding carboxylic acids is 1. The van der Waals surface area contributed by atoms with E-state index in [2.05, 4.69) is 79.3 Å². The smallest absolute Gasteiger partial charge is 0.258 e. The number of benzene rings is 2. The second-order valence-corrected chi connectivity index (χ2v) is 9.80. The van der Waals surface area contributed by atoms with Crippen molar-refractivity contribution in [2.75, 3.05) is 6.61 Å². The number of aryl methyl sites for hydroxylation is 2. The summed E-state index contributed by atoms with van der Waals surface area (Å²) in [5.74, 6) is 0.594. The number of halogens is 1. The summed E-state index contributed by atoms with van der Waals surface area (Å²) in [5.41, 5.74) is 5.40. The molecule has 0 aromatic heterocycles. The number of hydrogen-bond donors (Lipinski definition) is 1. The number of rotatable bonds is 6. The SMILES string of the molecule is CC[C@@H](NC(=O)COc1ccc(C(C)(C)C)cc1Br)c1ccc2c(c1)CCCC2. The molecule has 3 nitrogen and oxygen atoms in total. The Balaban J connectivity index is 1.61. The fourth-order valence-electron chi connectivity index (χ4n) is 3.85. The van der Waals surface area contributed by atoms with Crippen molar-refractivity contribution in [2.24, 2.45) is 0 Å². The van der Waals surface area contributed by atoms with Crippen molar-refractivity contribution in [3.8, 4) is 5.75 Å². The van der Waals surface area contributed by atoms with Crippen LogP contribution in [-0.2, 0) is 23.1 Å². The maximum Gasteiger partial charge on any atom is 0.258 e. The van der Waals surface area contributed by atoms with Gasteiger partial charge >= 0.3 is 0 Å². The summed E-state index contributed by atoms with van der Waals surface area (Å²) in [6.45, 7) is 8.64. The summed E-state index contributed by atoms with van der Waals surface area (Å²) < 4.78 is 6.65. The summed E-state index contributed by atoms with van der Waals surface area (Å²) in [4.78, 5) is 12.5. The lowest BCUT2D eigenvalue weighted by molar-refractivity contribution is -0.123. The van der Waals surface area contributed by atoms with Crippen LogP contribution in [0.15, 0.2) is 40.9 Å². The highest BCUT2D eigenvalue weighted by molar-refractivity contribution is 9.10. The van der Waals surface area contributed by atoms with Crippen molar-refractivity contribution in [3.05, 3.63) is 63.1 Å². The average Bonchev–Trinajstić information content (AvgIpc) is 2.70. The van der Waals surface area contributed by atoms with Gasteiger partial charge < -0.3 is 10.1 Å². The third-order valence-electron chi connectivity index (χ3n) is 5.68. The molecular formula is C25H32BrNO2. The number of nitrogens with one attached hydrogen (secondary N) is 1. The van der Waals surface area contributed by atoms with Gasteiger partial charge in [-0.2, -0.15) is 0 Å². The van der Waals surface area contributed by atoms with Crippen LogP contribution in [0.25, 0.3) is 0 Å². The molecule has 0 unspecified atom stereocenters. The Bertz CT molecular complexity index is 870. The zero-order valence-electron chi connectivity index (χ0n) is 18.0.